The predicted octanol–water partition coefficient (Wildman–Crippen LogP) is 3.52. The molecule has 3 rings (SSSR count). The minimum absolute atomic E-state index is 0.308. The summed E-state index contributed by atoms with van der Waals surface area (Å²) in [6.45, 7) is 2.85. The van der Waals surface area contributed by atoms with Gasteiger partial charge in [0.15, 0.2) is 0 Å². The molecule has 1 aromatic carbocycles. The number of hydrogen-bond acceptors (Lipinski definition) is 5. The van der Waals surface area contributed by atoms with Crippen molar-refractivity contribution in [1.82, 2.24) is 4.90 Å². The number of carbonyl (C=O) groups excluding carboxylic acids is 1. The maximum absolute atomic E-state index is 13.2. The zero-order valence-corrected chi connectivity index (χ0v) is 13.8. The normalized spacial score (nSPS) is 15.0. The number of nitrogen functional groups attached to an aromatic ring is 1. The molecule has 4 nitrogen and oxygen atoms in total. The molecule has 1 saturated heterocycles. The second-order valence-electron chi connectivity index (χ2n) is 5.62. The summed E-state index contributed by atoms with van der Waals surface area (Å²) in [7, 11) is 1.34. The van der Waals surface area contributed by atoms with E-state index in [2.05, 4.69) is 4.90 Å². The van der Waals surface area contributed by atoms with E-state index in [9.17, 15) is 9.18 Å². The van der Waals surface area contributed by atoms with Crippen molar-refractivity contribution < 1.29 is 13.9 Å². The topological polar surface area (TPSA) is 55.6 Å². The average Bonchev–Trinajstić information content (AvgIpc) is 3.15. The molecular weight excluding hydrogens is 315 g/mol. The van der Waals surface area contributed by atoms with Crippen molar-refractivity contribution in [3.63, 3.8) is 0 Å². The highest BCUT2D eigenvalue weighted by Crippen LogP contribution is 2.40. The third-order valence-electron chi connectivity index (χ3n) is 4.10. The number of nitrogens with zero attached hydrogens (tertiary/aromatic N) is 1. The van der Waals surface area contributed by atoms with Gasteiger partial charge in [-0.05, 0) is 43.6 Å². The number of nitrogens with two attached hydrogens (primary N) is 1. The summed E-state index contributed by atoms with van der Waals surface area (Å²) >= 11 is 1.41. The van der Waals surface area contributed by atoms with Crippen molar-refractivity contribution in [3.8, 4) is 11.1 Å². The molecule has 23 heavy (non-hydrogen) atoms. The van der Waals surface area contributed by atoms with Crippen LogP contribution in [0.15, 0.2) is 24.3 Å². The number of benzene rings is 1. The Hall–Kier alpha value is -1.92. The minimum Gasteiger partial charge on any atom is -0.465 e. The highest BCUT2D eigenvalue weighted by Gasteiger charge is 2.25. The molecule has 0 aliphatic carbocycles. The van der Waals surface area contributed by atoms with Gasteiger partial charge in [0, 0.05) is 17.0 Å². The Morgan fingerprint density at radius 3 is 2.57 bits per heavy atom. The molecule has 1 aliphatic heterocycles. The van der Waals surface area contributed by atoms with Crippen molar-refractivity contribution >= 4 is 22.3 Å². The van der Waals surface area contributed by atoms with Crippen LogP contribution in [-0.2, 0) is 11.3 Å². The van der Waals surface area contributed by atoms with Gasteiger partial charge in [0.2, 0.25) is 0 Å². The lowest BCUT2D eigenvalue weighted by Crippen LogP contribution is -2.18. The van der Waals surface area contributed by atoms with E-state index in [4.69, 9.17) is 10.5 Å². The zero-order chi connectivity index (χ0) is 16.4. The molecular formula is C17H19FN2O2S. The quantitative estimate of drug-likeness (QED) is 0.869. The minimum atomic E-state index is -0.453. The van der Waals surface area contributed by atoms with Crippen LogP contribution in [-0.4, -0.2) is 31.1 Å². The molecule has 122 valence electrons. The smallest absolute Gasteiger partial charge is 0.341 e. The zero-order valence-electron chi connectivity index (χ0n) is 13.0. The maximum atomic E-state index is 13.2. The number of esters is 1. The molecule has 0 radical (unpaired) electrons. The highest BCUT2D eigenvalue weighted by atomic mass is 32.1. The number of likely N-dealkylation sites (tertiary alicyclic amines) is 1. The first-order valence-corrected chi connectivity index (χ1v) is 8.39. The van der Waals surface area contributed by atoms with Crippen molar-refractivity contribution in [2.24, 2.45) is 0 Å². The average molecular weight is 334 g/mol. The number of anilines is 1. The molecule has 1 fully saturated rings. The lowest BCUT2D eigenvalue weighted by Gasteiger charge is -2.15. The van der Waals surface area contributed by atoms with E-state index in [0.717, 1.165) is 35.6 Å². The molecule has 2 heterocycles. The summed E-state index contributed by atoms with van der Waals surface area (Å²) in [6.07, 6.45) is 2.38. The Kier molecular flexibility index (Phi) is 4.63. The van der Waals surface area contributed by atoms with Gasteiger partial charge in [0.05, 0.1) is 7.11 Å². The number of methoxy groups -OCH3 is 1. The van der Waals surface area contributed by atoms with Crippen LogP contribution in [0.2, 0.25) is 0 Å². The van der Waals surface area contributed by atoms with Gasteiger partial charge in [0.1, 0.15) is 16.4 Å². The van der Waals surface area contributed by atoms with Crippen LogP contribution in [0.5, 0.6) is 0 Å². The molecule has 0 spiro atoms. The lowest BCUT2D eigenvalue weighted by molar-refractivity contribution is 0.0603. The Morgan fingerprint density at radius 2 is 1.96 bits per heavy atom. The first kappa shape index (κ1) is 16.0. The van der Waals surface area contributed by atoms with E-state index in [-0.39, 0.29) is 5.82 Å². The second-order valence-corrected chi connectivity index (χ2v) is 6.76. The van der Waals surface area contributed by atoms with Crippen LogP contribution in [0.1, 0.15) is 28.1 Å². The van der Waals surface area contributed by atoms with E-state index >= 15 is 0 Å². The van der Waals surface area contributed by atoms with E-state index < -0.39 is 5.97 Å². The molecule has 0 saturated carbocycles. The number of rotatable bonds is 4. The summed E-state index contributed by atoms with van der Waals surface area (Å²) < 4.78 is 18.1. The van der Waals surface area contributed by atoms with Crippen molar-refractivity contribution in [3.05, 3.63) is 40.5 Å². The third-order valence-corrected chi connectivity index (χ3v) is 5.10. The molecule has 2 aromatic rings. The summed E-state index contributed by atoms with van der Waals surface area (Å²) in [5, 5.41) is 0.449. The lowest BCUT2D eigenvalue weighted by atomic mass is 10.0. The predicted molar refractivity (Wildman–Crippen MR) is 90.0 cm³/mol. The first-order chi connectivity index (χ1) is 11.1. The van der Waals surface area contributed by atoms with Crippen LogP contribution in [0.4, 0.5) is 9.39 Å². The Bertz CT molecular complexity index is 706. The number of hydrogen-bond donors (Lipinski definition) is 1. The summed E-state index contributed by atoms with van der Waals surface area (Å²) in [5.41, 5.74) is 8.03. The molecule has 0 amide bonds. The van der Waals surface area contributed by atoms with E-state index in [1.54, 1.807) is 12.1 Å². The second kappa shape index (κ2) is 6.68. The Balaban J connectivity index is 2.07. The largest absolute Gasteiger partial charge is 0.465 e. The monoisotopic (exact) mass is 334 g/mol. The van der Waals surface area contributed by atoms with Crippen LogP contribution in [0.3, 0.4) is 0 Å². The number of thiophene rings is 1. The van der Waals surface area contributed by atoms with E-state index in [0.29, 0.717) is 10.6 Å². The standard InChI is InChI=1S/C17H19FN2O2S/c1-22-17(21)15-14(11-4-6-12(18)7-5-11)13(23-16(15)19)10-20-8-2-3-9-20/h4-7H,2-3,8-10,19H2,1H3. The van der Waals surface area contributed by atoms with Crippen molar-refractivity contribution in [1.29, 1.82) is 0 Å². The van der Waals surface area contributed by atoms with Crippen molar-refractivity contribution in [2.45, 2.75) is 19.4 Å². The fourth-order valence-corrected chi connectivity index (χ4v) is 4.10. The third kappa shape index (κ3) is 3.23. The molecule has 0 unspecified atom stereocenters. The van der Waals surface area contributed by atoms with Gasteiger partial charge in [-0.25, -0.2) is 9.18 Å². The van der Waals surface area contributed by atoms with Crippen LogP contribution < -0.4 is 5.73 Å². The van der Waals surface area contributed by atoms with E-state index in [1.807, 2.05) is 0 Å². The molecule has 6 heteroatoms. The van der Waals surface area contributed by atoms with Gasteiger partial charge in [0.25, 0.3) is 0 Å². The molecule has 0 bridgehead atoms. The SMILES string of the molecule is COC(=O)c1c(N)sc(CN2CCCC2)c1-c1ccc(F)cc1. The summed E-state index contributed by atoms with van der Waals surface area (Å²) in [4.78, 5) is 15.5. The maximum Gasteiger partial charge on any atom is 0.341 e. The Labute approximate surface area is 138 Å². The number of carbonyl (C=O) groups is 1. The Morgan fingerprint density at radius 1 is 1.30 bits per heavy atom. The highest BCUT2D eigenvalue weighted by molar-refractivity contribution is 7.17. The molecule has 1 aromatic heterocycles. The first-order valence-electron chi connectivity index (χ1n) is 7.58. The van der Waals surface area contributed by atoms with Gasteiger partial charge in [-0.2, -0.15) is 0 Å². The summed E-state index contributed by atoms with van der Waals surface area (Å²) in [5.74, 6) is -0.761. The van der Waals surface area contributed by atoms with Crippen molar-refractivity contribution in [2.75, 3.05) is 25.9 Å². The number of ether oxygens (including phenoxy) is 1. The van der Waals surface area contributed by atoms with Gasteiger partial charge in [-0.15, -0.1) is 11.3 Å². The van der Waals surface area contributed by atoms with Gasteiger partial charge in [-0.3, -0.25) is 4.90 Å². The van der Waals surface area contributed by atoms with Gasteiger partial charge >= 0.3 is 5.97 Å². The molecule has 2 N–H and O–H groups in total. The summed E-state index contributed by atoms with van der Waals surface area (Å²) in [6, 6.07) is 6.14. The number of halogens is 1. The van der Waals surface area contributed by atoms with Gasteiger partial charge < -0.3 is 10.5 Å². The van der Waals surface area contributed by atoms with Crippen LogP contribution >= 0.6 is 11.3 Å². The van der Waals surface area contributed by atoms with Crippen LogP contribution in [0.25, 0.3) is 11.1 Å². The molecule has 1 aliphatic rings. The molecule has 0 atom stereocenters. The van der Waals surface area contributed by atoms with Gasteiger partial charge in [-0.1, -0.05) is 12.1 Å². The fourth-order valence-electron chi connectivity index (χ4n) is 2.98. The van der Waals surface area contributed by atoms with E-state index in [1.165, 1.54) is 43.4 Å². The van der Waals surface area contributed by atoms with Crippen LogP contribution in [0, 0.1) is 5.82 Å². The fraction of sp³-hybridized carbons (Fsp3) is 0.353.